The number of rotatable bonds is 3. The van der Waals surface area contributed by atoms with Crippen LogP contribution in [0, 0.1) is 0 Å². The number of carboxylic acids is 1. The fourth-order valence-corrected chi connectivity index (χ4v) is 0.323. The molecule has 0 fully saturated rings. The highest BCUT2D eigenvalue weighted by Gasteiger charge is 2.18. The topological polar surface area (TPSA) is 83.8 Å². The third kappa shape index (κ3) is 3.57. The number of ether oxygens (including phenoxy) is 1. The molecule has 11 heavy (non-hydrogen) atoms. The van der Waals surface area contributed by atoms with Crippen molar-refractivity contribution in [2.75, 3.05) is 0 Å². The van der Waals surface area contributed by atoms with E-state index < -0.39 is 24.1 Å². The van der Waals surface area contributed by atoms with Gasteiger partial charge >= 0.3 is 11.9 Å². The van der Waals surface area contributed by atoms with Gasteiger partial charge in [-0.05, 0) is 13.8 Å². The molecular weight excluding hydrogens is 152 g/mol. The lowest BCUT2D eigenvalue weighted by molar-refractivity contribution is -0.168. The average Bonchev–Trinajstić information content (AvgIpc) is 1.87. The zero-order valence-electron chi connectivity index (χ0n) is 6.27. The number of carbonyl (C=O) groups is 2. The summed E-state index contributed by atoms with van der Waals surface area (Å²) >= 11 is 0. The van der Waals surface area contributed by atoms with Crippen LogP contribution in [0.4, 0.5) is 0 Å². The van der Waals surface area contributed by atoms with E-state index >= 15 is 0 Å². The van der Waals surface area contributed by atoms with Crippen LogP contribution in [0.25, 0.3) is 0 Å². The second kappa shape index (κ2) is 3.92. The van der Waals surface area contributed by atoms with Crippen molar-refractivity contribution < 1.29 is 24.5 Å². The number of carboxylic acid groups (broad SMARTS) is 1. The molecular formula is C6H10O5. The first-order valence-electron chi connectivity index (χ1n) is 3.06. The molecule has 2 N–H and O–H groups in total. The van der Waals surface area contributed by atoms with E-state index in [4.69, 9.17) is 10.2 Å². The third-order valence-electron chi connectivity index (χ3n) is 0.982. The molecule has 0 bridgehead atoms. The maximum absolute atomic E-state index is 10.5. The van der Waals surface area contributed by atoms with Gasteiger partial charge in [-0.2, -0.15) is 0 Å². The van der Waals surface area contributed by atoms with E-state index in [0.717, 1.165) is 0 Å². The van der Waals surface area contributed by atoms with E-state index in [1.54, 1.807) is 0 Å². The maximum Gasteiger partial charge on any atom is 0.344 e. The summed E-state index contributed by atoms with van der Waals surface area (Å²) in [4.78, 5) is 20.6. The Balaban J connectivity index is 3.85. The first kappa shape index (κ1) is 9.90. The minimum atomic E-state index is -1.28. The summed E-state index contributed by atoms with van der Waals surface area (Å²) in [6.45, 7) is 2.42. The Morgan fingerprint density at radius 3 is 2.09 bits per heavy atom. The van der Waals surface area contributed by atoms with E-state index in [0.29, 0.717) is 0 Å². The molecule has 5 nitrogen and oxygen atoms in total. The van der Waals surface area contributed by atoms with E-state index in [1.807, 2.05) is 0 Å². The van der Waals surface area contributed by atoms with Crippen molar-refractivity contribution in [1.29, 1.82) is 0 Å². The predicted octanol–water partition coefficient (Wildman–Crippen LogP) is -0.617. The van der Waals surface area contributed by atoms with Gasteiger partial charge < -0.3 is 14.9 Å². The van der Waals surface area contributed by atoms with Crippen LogP contribution in [0.2, 0.25) is 0 Å². The second-order valence-corrected chi connectivity index (χ2v) is 2.09. The van der Waals surface area contributed by atoms with Gasteiger partial charge in [0, 0.05) is 0 Å². The molecule has 0 aromatic heterocycles. The van der Waals surface area contributed by atoms with Crippen LogP contribution in [0.15, 0.2) is 0 Å². The molecule has 0 amide bonds. The summed E-state index contributed by atoms with van der Waals surface area (Å²) in [5.74, 6) is -2.17. The van der Waals surface area contributed by atoms with Gasteiger partial charge in [-0.1, -0.05) is 0 Å². The SMILES string of the molecule is CC(OC(=O)[C@@H](C)O)C(=O)O. The Bertz CT molecular complexity index is 162. The fourth-order valence-electron chi connectivity index (χ4n) is 0.323. The molecule has 1 unspecified atom stereocenters. The number of aliphatic hydroxyl groups is 1. The standard InChI is InChI=1S/C6H10O5/c1-3(7)6(10)11-4(2)5(8)9/h3-4,7H,1-2H3,(H,8,9)/t3-,4?/m1/s1. The molecule has 0 spiro atoms. The maximum atomic E-state index is 10.5. The van der Waals surface area contributed by atoms with Crippen LogP contribution in [-0.2, 0) is 14.3 Å². The normalized spacial score (nSPS) is 15.2. The first-order chi connectivity index (χ1) is 4.95. The summed E-state index contributed by atoms with van der Waals surface area (Å²) < 4.78 is 4.28. The lowest BCUT2D eigenvalue weighted by Crippen LogP contribution is -2.29. The molecule has 0 rings (SSSR count). The smallest absolute Gasteiger partial charge is 0.344 e. The molecule has 0 aliphatic carbocycles. The van der Waals surface area contributed by atoms with Gasteiger partial charge in [0.1, 0.15) is 6.10 Å². The number of esters is 1. The quantitative estimate of drug-likeness (QED) is 0.540. The molecule has 2 atom stereocenters. The Labute approximate surface area is 63.6 Å². The molecule has 0 saturated carbocycles. The monoisotopic (exact) mass is 162 g/mol. The van der Waals surface area contributed by atoms with E-state index in [-0.39, 0.29) is 0 Å². The zero-order chi connectivity index (χ0) is 9.02. The molecule has 0 saturated heterocycles. The first-order valence-corrected chi connectivity index (χ1v) is 3.06. The van der Waals surface area contributed by atoms with Gasteiger partial charge in [0.15, 0.2) is 6.10 Å². The van der Waals surface area contributed by atoms with Gasteiger partial charge in [-0.15, -0.1) is 0 Å². The highest BCUT2D eigenvalue weighted by atomic mass is 16.6. The van der Waals surface area contributed by atoms with Gasteiger partial charge in [0.2, 0.25) is 0 Å². The minimum absolute atomic E-state index is 0.931. The number of aliphatic carboxylic acids is 1. The van der Waals surface area contributed by atoms with Crippen molar-refractivity contribution in [3.05, 3.63) is 0 Å². The van der Waals surface area contributed by atoms with Gasteiger partial charge in [-0.3, -0.25) is 0 Å². The van der Waals surface area contributed by atoms with Crippen LogP contribution >= 0.6 is 0 Å². The van der Waals surface area contributed by atoms with Crippen LogP contribution in [0.1, 0.15) is 13.8 Å². The van der Waals surface area contributed by atoms with Crippen LogP contribution < -0.4 is 0 Å². The zero-order valence-corrected chi connectivity index (χ0v) is 6.27. The lowest BCUT2D eigenvalue weighted by Gasteiger charge is -2.09. The number of hydrogen-bond donors (Lipinski definition) is 2. The van der Waals surface area contributed by atoms with Crippen LogP contribution in [0.5, 0.6) is 0 Å². The molecule has 0 aromatic rings. The molecule has 0 aliphatic rings. The highest BCUT2D eigenvalue weighted by molar-refractivity contribution is 5.79. The van der Waals surface area contributed by atoms with E-state index in [1.165, 1.54) is 13.8 Å². The molecule has 5 heteroatoms. The van der Waals surface area contributed by atoms with E-state index in [2.05, 4.69) is 4.74 Å². The van der Waals surface area contributed by atoms with Crippen LogP contribution in [-0.4, -0.2) is 34.4 Å². The molecule has 0 aliphatic heterocycles. The van der Waals surface area contributed by atoms with Crippen molar-refractivity contribution in [2.24, 2.45) is 0 Å². The van der Waals surface area contributed by atoms with Crippen molar-refractivity contribution in [2.45, 2.75) is 26.1 Å². The Morgan fingerprint density at radius 2 is 1.82 bits per heavy atom. The Morgan fingerprint density at radius 1 is 1.36 bits per heavy atom. The average molecular weight is 162 g/mol. The molecule has 64 valence electrons. The van der Waals surface area contributed by atoms with Crippen molar-refractivity contribution in [3.63, 3.8) is 0 Å². The predicted molar refractivity (Wildman–Crippen MR) is 34.9 cm³/mol. The van der Waals surface area contributed by atoms with Gasteiger partial charge in [0.25, 0.3) is 0 Å². The largest absolute Gasteiger partial charge is 0.479 e. The summed E-state index contributed by atoms with van der Waals surface area (Å²) in [7, 11) is 0. The Kier molecular flexibility index (Phi) is 3.53. The number of carbonyl (C=O) groups excluding carboxylic acids is 1. The van der Waals surface area contributed by atoms with Crippen molar-refractivity contribution >= 4 is 11.9 Å². The van der Waals surface area contributed by atoms with Crippen molar-refractivity contribution in [3.8, 4) is 0 Å². The highest BCUT2D eigenvalue weighted by Crippen LogP contribution is 1.94. The third-order valence-corrected chi connectivity index (χ3v) is 0.982. The van der Waals surface area contributed by atoms with Gasteiger partial charge in [0.05, 0.1) is 0 Å². The van der Waals surface area contributed by atoms with Crippen molar-refractivity contribution in [1.82, 2.24) is 0 Å². The fraction of sp³-hybridized carbons (Fsp3) is 0.667. The summed E-state index contributed by atoms with van der Waals surface area (Å²) in [6.07, 6.45) is -2.49. The van der Waals surface area contributed by atoms with Crippen LogP contribution in [0.3, 0.4) is 0 Å². The van der Waals surface area contributed by atoms with Gasteiger partial charge in [-0.25, -0.2) is 9.59 Å². The van der Waals surface area contributed by atoms with E-state index in [9.17, 15) is 9.59 Å². The summed E-state index contributed by atoms with van der Waals surface area (Å²) in [6, 6.07) is 0. The minimum Gasteiger partial charge on any atom is -0.479 e. The summed E-state index contributed by atoms with van der Waals surface area (Å²) in [5.41, 5.74) is 0. The number of aliphatic hydroxyl groups excluding tert-OH is 1. The Hall–Kier alpha value is -1.10. The summed E-state index contributed by atoms with van der Waals surface area (Å²) in [5, 5.41) is 16.8. The number of hydrogen-bond acceptors (Lipinski definition) is 4. The molecule has 0 aromatic carbocycles. The molecule has 0 radical (unpaired) electrons. The lowest BCUT2D eigenvalue weighted by atomic mass is 10.4. The molecule has 0 heterocycles. The second-order valence-electron chi connectivity index (χ2n) is 2.09.